The first-order valence-electron chi connectivity index (χ1n) is 47.1. The summed E-state index contributed by atoms with van der Waals surface area (Å²) < 4.78 is 11.4. The molecular formula is C111H129N13O10. The number of fused-ring (bicyclic) bond motifs is 15. The van der Waals surface area contributed by atoms with Gasteiger partial charge in [0.1, 0.15) is 6.61 Å². The minimum Gasteiger partial charge on any atom is -0.388 e. The van der Waals surface area contributed by atoms with Crippen LogP contribution in [0.3, 0.4) is 0 Å². The van der Waals surface area contributed by atoms with Crippen LogP contribution in [-0.4, -0.2) is 206 Å². The second kappa shape index (κ2) is 45.9. The molecule has 6 aromatic heterocycles. The van der Waals surface area contributed by atoms with Gasteiger partial charge in [-0.25, -0.2) is 0 Å². The number of hydrogen-bond donors (Lipinski definition) is 5. The molecule has 0 radical (unpaired) electrons. The SMILES string of the molecule is CCCNCCn1c2ccc(C(C)=O)cc2c2cc(C(C)=O)ccc21.CCN(CC)CCn1c2ccc(C(=O)NC)cc2c2cc(C(=O)NC)ccc21.CCN(CC)CCn1c2ccc(C(C)=O)cc2c2cc(-c3cccc(C)n3)ccc21.CCN(CC)CCn1c2ccc(C(C)=O)cc2c2cc(C(=O)CO)ccc21.CCNCCn1c2ccc(C(C)=O)cc2c2cc(C(C)=O)ccc21. The number of aromatic nitrogens is 6. The molecule has 0 aliphatic rings. The molecule has 0 bridgehead atoms. The van der Waals surface area contributed by atoms with Gasteiger partial charge in [-0.15, -0.1) is 0 Å². The number of benzene rings is 10. The number of aryl methyl sites for hydroxylation is 1. The number of aliphatic hydroxyl groups excluding tert-OH is 1. The Morgan fingerprint density at radius 1 is 0.306 bits per heavy atom. The van der Waals surface area contributed by atoms with Crippen molar-refractivity contribution in [3.05, 3.63) is 256 Å². The van der Waals surface area contributed by atoms with Crippen LogP contribution in [0.15, 0.2) is 200 Å². The lowest BCUT2D eigenvalue weighted by Gasteiger charge is -2.19. The summed E-state index contributed by atoms with van der Waals surface area (Å²) in [4.78, 5) is 119. The van der Waals surface area contributed by atoms with Gasteiger partial charge >= 0.3 is 0 Å². The highest BCUT2D eigenvalue weighted by Crippen LogP contribution is 2.38. The number of likely N-dealkylation sites (N-methyl/N-ethyl adjacent to an activating group) is 4. The van der Waals surface area contributed by atoms with Gasteiger partial charge < -0.3 is 63.9 Å². The summed E-state index contributed by atoms with van der Waals surface area (Å²) in [6.45, 7) is 45.2. The van der Waals surface area contributed by atoms with Crippen molar-refractivity contribution in [2.24, 2.45) is 0 Å². The maximum atomic E-state index is 12.1. The Kier molecular flexibility index (Phi) is 34.2. The molecule has 0 saturated carbocycles. The largest absolute Gasteiger partial charge is 0.388 e. The van der Waals surface area contributed by atoms with E-state index in [1.165, 1.54) is 16.4 Å². The Hall–Kier alpha value is -13.3. The summed E-state index contributed by atoms with van der Waals surface area (Å²) in [5, 5.41) is 31.6. The molecule has 23 nitrogen and oxygen atoms in total. The molecule has 0 aliphatic carbocycles. The number of rotatable bonds is 35. The van der Waals surface area contributed by atoms with Gasteiger partial charge in [-0.05, 0) is 295 Å². The Balaban J connectivity index is 0.000000151. The summed E-state index contributed by atoms with van der Waals surface area (Å²) in [6, 6.07) is 64.9. The molecule has 134 heavy (non-hydrogen) atoms. The van der Waals surface area contributed by atoms with Crippen LogP contribution in [0.25, 0.3) is 120 Å². The molecule has 10 aromatic carbocycles. The maximum absolute atomic E-state index is 12.1. The Bertz CT molecular complexity index is 6850. The first kappa shape index (κ1) is 99.7. The van der Waals surface area contributed by atoms with Crippen LogP contribution < -0.4 is 21.3 Å². The quantitative estimate of drug-likeness (QED) is 0.0182. The van der Waals surface area contributed by atoms with E-state index in [1.807, 2.05) is 171 Å². The number of nitrogens with one attached hydrogen (secondary N) is 4. The second-order valence-corrected chi connectivity index (χ2v) is 34.0. The topological polar surface area (TPSA) is 269 Å². The van der Waals surface area contributed by atoms with Gasteiger partial charge in [-0.2, -0.15) is 0 Å². The third-order valence-electron chi connectivity index (χ3n) is 25.7. The molecule has 16 rings (SSSR count). The van der Waals surface area contributed by atoms with Gasteiger partial charge in [0.2, 0.25) is 0 Å². The predicted octanol–water partition coefficient (Wildman–Crippen LogP) is 20.1. The number of carbonyl (C=O) groups is 9. The van der Waals surface area contributed by atoms with Gasteiger partial charge in [-0.3, -0.25) is 48.1 Å². The summed E-state index contributed by atoms with van der Waals surface area (Å²) in [6.07, 6.45) is 1.11. The number of aliphatic hydroxyl groups is 1. The number of nitrogens with zero attached hydrogens (tertiary/aromatic N) is 9. The average Bonchev–Trinajstić information content (AvgIpc) is 1.62. The monoisotopic (exact) mass is 1800 g/mol. The first-order valence-corrected chi connectivity index (χ1v) is 47.1. The minimum absolute atomic E-state index is 0.0172. The second-order valence-electron chi connectivity index (χ2n) is 34.0. The lowest BCUT2D eigenvalue weighted by Crippen LogP contribution is -2.27. The summed E-state index contributed by atoms with van der Waals surface area (Å²) in [7, 11) is 3.26. The Morgan fingerprint density at radius 2 is 0.560 bits per heavy atom. The van der Waals surface area contributed by atoms with E-state index in [4.69, 9.17) is 4.98 Å². The van der Waals surface area contributed by atoms with Crippen LogP contribution in [0.5, 0.6) is 0 Å². The van der Waals surface area contributed by atoms with Crippen LogP contribution in [0.2, 0.25) is 0 Å². The zero-order valence-corrected chi connectivity index (χ0v) is 80.8. The number of carbonyl (C=O) groups excluding carboxylic acids is 9. The van der Waals surface area contributed by atoms with Crippen LogP contribution in [0.1, 0.15) is 202 Å². The number of pyridine rings is 1. The minimum atomic E-state index is -0.509. The van der Waals surface area contributed by atoms with Gasteiger partial charge in [0.25, 0.3) is 11.8 Å². The summed E-state index contributed by atoms with van der Waals surface area (Å²) in [5.74, 6) is -0.224. The fourth-order valence-corrected chi connectivity index (χ4v) is 17.9. The average molecular weight is 1810 g/mol. The smallest absolute Gasteiger partial charge is 0.251 e. The molecule has 23 heteroatoms. The maximum Gasteiger partial charge on any atom is 0.251 e. The van der Waals surface area contributed by atoms with Gasteiger partial charge in [0, 0.05) is 250 Å². The number of Topliss-reactive ketones (excluding diaryl/α,β-unsaturated/α-hetero) is 7. The predicted molar refractivity (Wildman–Crippen MR) is 548 cm³/mol. The van der Waals surface area contributed by atoms with Crippen molar-refractivity contribution in [1.82, 2.24) is 63.8 Å². The fourth-order valence-electron chi connectivity index (χ4n) is 17.9. The highest BCUT2D eigenvalue weighted by Gasteiger charge is 2.23. The van der Waals surface area contributed by atoms with E-state index < -0.39 is 6.61 Å². The van der Waals surface area contributed by atoms with E-state index in [-0.39, 0.29) is 52.3 Å². The van der Waals surface area contributed by atoms with Crippen molar-refractivity contribution in [3.63, 3.8) is 0 Å². The van der Waals surface area contributed by atoms with E-state index >= 15 is 0 Å². The van der Waals surface area contributed by atoms with Crippen molar-refractivity contribution in [3.8, 4) is 11.3 Å². The fraction of sp³-hybridized carbons (Fsp3) is 0.333. The van der Waals surface area contributed by atoms with E-state index in [9.17, 15) is 48.3 Å². The van der Waals surface area contributed by atoms with Crippen molar-refractivity contribution in [1.29, 1.82) is 0 Å². The third kappa shape index (κ3) is 22.5. The molecule has 0 spiro atoms. The third-order valence-corrected chi connectivity index (χ3v) is 25.7. The number of amides is 2. The highest BCUT2D eigenvalue weighted by molar-refractivity contribution is 6.18. The molecule has 0 aliphatic heterocycles. The lowest BCUT2D eigenvalue weighted by molar-refractivity contribution is 0.0901. The molecular weight excluding hydrogens is 1680 g/mol. The van der Waals surface area contributed by atoms with Gasteiger partial charge in [0.15, 0.2) is 40.5 Å². The van der Waals surface area contributed by atoms with E-state index in [1.54, 1.807) is 61.7 Å². The van der Waals surface area contributed by atoms with Crippen molar-refractivity contribution < 1.29 is 48.3 Å². The van der Waals surface area contributed by atoms with Crippen LogP contribution in [-0.2, 0) is 32.7 Å². The molecule has 16 aromatic rings. The zero-order valence-electron chi connectivity index (χ0n) is 80.8. The van der Waals surface area contributed by atoms with E-state index in [2.05, 4.69) is 145 Å². The summed E-state index contributed by atoms with van der Waals surface area (Å²) >= 11 is 0. The molecule has 6 heterocycles. The van der Waals surface area contributed by atoms with E-state index in [0.717, 1.165) is 239 Å². The normalized spacial score (nSPS) is 11.4. The Labute approximate surface area is 784 Å². The standard InChI is InChI=1S/C26H29N3O.C22H28N4O2.C22H26N2O3.C21H24N2O2.C20H22N2O2/c1-5-28(6-2)14-15-29-25-12-10-20(19(4)30)16-22(25)23-17-21(11-13-26(23)29)24-9-7-8-18(3)27-24;1-5-25(6-2)11-12-26-19-9-7-15(21(27)23-3)13-17(19)18-14-16(22(28)24-4)8-10-20(18)26;1-4-23(5-2)10-11-24-20-8-6-16(15(3)26)12-18(20)19-13-17(22(27)14-25)7-9-21(19)24;1-4-9-22-10-11-23-20-7-5-16(14(2)24)12-18(20)19-13-17(15(3)25)6-8-21(19)23;1-4-21-9-10-22-19-7-5-15(13(2)23)11-17(19)18-12-16(14(3)24)6-8-20(18)22/h7-13,16-17H,5-6,14-15H2,1-4H3;7-10,13-14H,5-6,11-12H2,1-4H3,(H,23,27)(H,24,28);6-9,12-13,25H,4-5,10-11,14H2,1-3H3;5-8,12-13,22H,4,9-11H2,1-3H3;5-8,11-12,21H,4,9-10H2,1-3H3. The summed E-state index contributed by atoms with van der Waals surface area (Å²) in [5.41, 5.74) is 20.0. The van der Waals surface area contributed by atoms with Crippen molar-refractivity contribution >= 4 is 161 Å². The van der Waals surface area contributed by atoms with Gasteiger partial charge in [0.05, 0.1) is 5.69 Å². The molecule has 698 valence electrons. The van der Waals surface area contributed by atoms with Crippen molar-refractivity contribution in [2.75, 3.05) is 106 Å². The molecule has 0 fully saturated rings. The van der Waals surface area contributed by atoms with Crippen molar-refractivity contribution in [2.45, 2.75) is 143 Å². The number of ketones is 7. The Morgan fingerprint density at radius 3 is 0.821 bits per heavy atom. The van der Waals surface area contributed by atoms with Crippen LogP contribution in [0.4, 0.5) is 0 Å². The van der Waals surface area contributed by atoms with E-state index in [0.29, 0.717) is 44.5 Å². The van der Waals surface area contributed by atoms with Crippen LogP contribution in [0, 0.1) is 6.92 Å². The molecule has 2 amide bonds. The highest BCUT2D eigenvalue weighted by atomic mass is 16.3. The van der Waals surface area contributed by atoms with Gasteiger partial charge in [-0.1, -0.05) is 67.5 Å². The molecule has 5 N–H and O–H groups in total. The zero-order chi connectivity index (χ0) is 96.3. The molecule has 0 saturated heterocycles. The molecule has 0 atom stereocenters. The number of hydrogen-bond acceptors (Lipinski definition) is 16. The molecule has 0 unspecified atom stereocenters. The van der Waals surface area contributed by atoms with Crippen LogP contribution >= 0.6 is 0 Å². The lowest BCUT2D eigenvalue weighted by atomic mass is 10.0. The first-order chi connectivity index (χ1) is 64.6.